The molecular weight excluding hydrogens is 184 g/mol. The maximum atomic E-state index is 3.71. The predicted octanol–water partition coefficient (Wildman–Crippen LogP) is 2.64. The number of hydrogen-bond acceptors (Lipinski definition) is 2. The van der Waals surface area contributed by atoms with Crippen molar-refractivity contribution in [3.05, 3.63) is 0 Å². The Hall–Kier alpha value is -0.0800. The molecule has 90 valence electrons. The second kappa shape index (κ2) is 8.12. The van der Waals surface area contributed by atoms with E-state index in [0.29, 0.717) is 0 Å². The van der Waals surface area contributed by atoms with Crippen LogP contribution in [0.15, 0.2) is 0 Å². The van der Waals surface area contributed by atoms with Gasteiger partial charge in [0.2, 0.25) is 0 Å². The van der Waals surface area contributed by atoms with Crippen LogP contribution in [0.1, 0.15) is 51.9 Å². The SMILES string of the molecule is CCCCCCNC1CCCN(C)CC1. The van der Waals surface area contributed by atoms with Crippen molar-refractivity contribution in [3.8, 4) is 0 Å². The highest BCUT2D eigenvalue weighted by atomic mass is 15.1. The standard InChI is InChI=1S/C13H28N2/c1-3-4-5-6-10-14-13-8-7-11-15(2)12-9-13/h13-14H,3-12H2,1-2H3. The number of unbranched alkanes of at least 4 members (excludes halogenated alkanes) is 3. The third kappa shape index (κ3) is 6.16. The van der Waals surface area contributed by atoms with Crippen molar-refractivity contribution in [2.24, 2.45) is 0 Å². The highest BCUT2D eigenvalue weighted by Crippen LogP contribution is 2.09. The fourth-order valence-electron chi connectivity index (χ4n) is 2.30. The molecule has 0 aliphatic carbocycles. The minimum Gasteiger partial charge on any atom is -0.314 e. The Balaban J connectivity index is 2.00. The van der Waals surface area contributed by atoms with Gasteiger partial charge in [0.1, 0.15) is 0 Å². The van der Waals surface area contributed by atoms with E-state index >= 15 is 0 Å². The lowest BCUT2D eigenvalue weighted by Gasteiger charge is -2.16. The van der Waals surface area contributed by atoms with Gasteiger partial charge >= 0.3 is 0 Å². The van der Waals surface area contributed by atoms with Crippen molar-refractivity contribution in [2.75, 3.05) is 26.7 Å². The molecule has 0 aromatic rings. The maximum absolute atomic E-state index is 3.71. The second-order valence-electron chi connectivity index (χ2n) is 4.95. The van der Waals surface area contributed by atoms with Crippen LogP contribution in [-0.4, -0.2) is 37.6 Å². The summed E-state index contributed by atoms with van der Waals surface area (Å²) in [6.07, 6.45) is 9.57. The first-order valence-electron chi connectivity index (χ1n) is 6.75. The van der Waals surface area contributed by atoms with Crippen LogP contribution in [0.25, 0.3) is 0 Å². The quantitative estimate of drug-likeness (QED) is 0.681. The molecule has 1 aliphatic heterocycles. The summed E-state index contributed by atoms with van der Waals surface area (Å²) in [5.41, 5.74) is 0. The van der Waals surface area contributed by atoms with Gasteiger partial charge in [-0.1, -0.05) is 26.2 Å². The zero-order valence-electron chi connectivity index (χ0n) is 10.6. The lowest BCUT2D eigenvalue weighted by Crippen LogP contribution is -2.31. The number of nitrogens with one attached hydrogen (secondary N) is 1. The van der Waals surface area contributed by atoms with E-state index in [-0.39, 0.29) is 0 Å². The van der Waals surface area contributed by atoms with E-state index in [9.17, 15) is 0 Å². The first kappa shape index (κ1) is 13.0. The molecule has 0 aromatic heterocycles. The van der Waals surface area contributed by atoms with E-state index in [2.05, 4.69) is 24.2 Å². The molecule has 1 saturated heterocycles. The molecule has 1 atom stereocenters. The van der Waals surface area contributed by atoms with E-state index in [1.54, 1.807) is 0 Å². The molecule has 0 saturated carbocycles. The average molecular weight is 212 g/mol. The van der Waals surface area contributed by atoms with Gasteiger partial charge < -0.3 is 10.2 Å². The number of rotatable bonds is 6. The molecular formula is C13H28N2. The van der Waals surface area contributed by atoms with Gasteiger partial charge in [0.05, 0.1) is 0 Å². The molecule has 1 N–H and O–H groups in total. The molecule has 2 heteroatoms. The summed E-state index contributed by atoms with van der Waals surface area (Å²) in [6, 6.07) is 0.788. The fraction of sp³-hybridized carbons (Fsp3) is 1.00. The average Bonchev–Trinajstić information content (AvgIpc) is 2.43. The van der Waals surface area contributed by atoms with E-state index in [4.69, 9.17) is 0 Å². The monoisotopic (exact) mass is 212 g/mol. The molecule has 1 aliphatic rings. The second-order valence-corrected chi connectivity index (χ2v) is 4.95. The highest BCUT2D eigenvalue weighted by molar-refractivity contribution is 4.73. The molecule has 0 bridgehead atoms. The van der Waals surface area contributed by atoms with Crippen LogP contribution in [0.4, 0.5) is 0 Å². The summed E-state index contributed by atoms with van der Waals surface area (Å²) in [4.78, 5) is 2.46. The van der Waals surface area contributed by atoms with Crippen LogP contribution in [0.5, 0.6) is 0 Å². The number of nitrogens with zero attached hydrogens (tertiary/aromatic N) is 1. The lowest BCUT2D eigenvalue weighted by molar-refractivity contribution is 0.343. The van der Waals surface area contributed by atoms with Crippen molar-refractivity contribution in [1.29, 1.82) is 0 Å². The summed E-state index contributed by atoms with van der Waals surface area (Å²) in [5, 5.41) is 3.71. The van der Waals surface area contributed by atoms with Crippen molar-refractivity contribution in [3.63, 3.8) is 0 Å². The Bertz CT molecular complexity index is 147. The van der Waals surface area contributed by atoms with Gasteiger partial charge in [0, 0.05) is 6.04 Å². The zero-order valence-corrected chi connectivity index (χ0v) is 10.6. The Morgan fingerprint density at radius 2 is 2.00 bits per heavy atom. The molecule has 1 heterocycles. The Morgan fingerprint density at radius 1 is 1.13 bits per heavy atom. The van der Waals surface area contributed by atoms with Crippen LogP contribution < -0.4 is 5.32 Å². The number of hydrogen-bond donors (Lipinski definition) is 1. The van der Waals surface area contributed by atoms with E-state index < -0.39 is 0 Å². The predicted molar refractivity (Wildman–Crippen MR) is 67.3 cm³/mol. The van der Waals surface area contributed by atoms with Crippen molar-refractivity contribution in [1.82, 2.24) is 10.2 Å². The minimum atomic E-state index is 0.788. The summed E-state index contributed by atoms with van der Waals surface area (Å²) in [5.74, 6) is 0. The molecule has 1 unspecified atom stereocenters. The summed E-state index contributed by atoms with van der Waals surface area (Å²) >= 11 is 0. The van der Waals surface area contributed by atoms with Crippen molar-refractivity contribution >= 4 is 0 Å². The van der Waals surface area contributed by atoms with Gasteiger partial charge in [0.25, 0.3) is 0 Å². The largest absolute Gasteiger partial charge is 0.314 e. The third-order valence-electron chi connectivity index (χ3n) is 3.42. The first-order chi connectivity index (χ1) is 7.33. The fourth-order valence-corrected chi connectivity index (χ4v) is 2.30. The van der Waals surface area contributed by atoms with Gasteiger partial charge in [-0.25, -0.2) is 0 Å². The topological polar surface area (TPSA) is 15.3 Å². The van der Waals surface area contributed by atoms with Crippen LogP contribution in [0.3, 0.4) is 0 Å². The number of likely N-dealkylation sites (tertiary alicyclic amines) is 1. The molecule has 2 nitrogen and oxygen atoms in total. The van der Waals surface area contributed by atoms with Crippen molar-refractivity contribution < 1.29 is 0 Å². The zero-order chi connectivity index (χ0) is 10.9. The van der Waals surface area contributed by atoms with E-state index in [1.165, 1.54) is 64.6 Å². The first-order valence-corrected chi connectivity index (χ1v) is 6.75. The summed E-state index contributed by atoms with van der Waals surface area (Å²) in [6.45, 7) is 6.06. The van der Waals surface area contributed by atoms with Crippen LogP contribution >= 0.6 is 0 Å². The Labute approximate surface area is 95.4 Å². The van der Waals surface area contributed by atoms with E-state index in [0.717, 1.165) is 6.04 Å². The molecule has 1 fully saturated rings. The smallest absolute Gasteiger partial charge is 0.00797 e. The van der Waals surface area contributed by atoms with E-state index in [1.807, 2.05) is 0 Å². The van der Waals surface area contributed by atoms with Crippen molar-refractivity contribution in [2.45, 2.75) is 57.9 Å². The minimum absolute atomic E-state index is 0.788. The summed E-state index contributed by atoms with van der Waals surface area (Å²) < 4.78 is 0. The van der Waals surface area contributed by atoms with Gasteiger partial charge in [-0.2, -0.15) is 0 Å². The maximum Gasteiger partial charge on any atom is 0.00797 e. The normalized spacial score (nSPS) is 24.0. The van der Waals surface area contributed by atoms with Crippen LogP contribution in [0.2, 0.25) is 0 Å². The van der Waals surface area contributed by atoms with Gasteiger partial charge in [-0.3, -0.25) is 0 Å². The molecule has 15 heavy (non-hydrogen) atoms. The third-order valence-corrected chi connectivity index (χ3v) is 3.42. The van der Waals surface area contributed by atoms with Crippen LogP contribution in [-0.2, 0) is 0 Å². The molecule has 0 spiro atoms. The molecule has 0 radical (unpaired) electrons. The Kier molecular flexibility index (Phi) is 7.03. The highest BCUT2D eigenvalue weighted by Gasteiger charge is 2.13. The molecule has 0 amide bonds. The lowest BCUT2D eigenvalue weighted by atomic mass is 10.1. The molecule has 0 aromatic carbocycles. The van der Waals surface area contributed by atoms with Gasteiger partial charge in [-0.15, -0.1) is 0 Å². The van der Waals surface area contributed by atoms with Crippen LogP contribution in [0, 0.1) is 0 Å². The Morgan fingerprint density at radius 3 is 2.80 bits per heavy atom. The van der Waals surface area contributed by atoms with Gasteiger partial charge in [-0.05, 0) is 52.4 Å². The summed E-state index contributed by atoms with van der Waals surface area (Å²) in [7, 11) is 2.24. The van der Waals surface area contributed by atoms with Gasteiger partial charge in [0.15, 0.2) is 0 Å². The molecule has 1 rings (SSSR count).